The molecule has 0 N–H and O–H groups in total. The highest BCUT2D eigenvalue weighted by Gasteiger charge is 2.69. The summed E-state index contributed by atoms with van der Waals surface area (Å²) in [5.41, 5.74) is 1.17. The second kappa shape index (κ2) is 4.31. The van der Waals surface area contributed by atoms with Gasteiger partial charge in [0.1, 0.15) is 0 Å². The summed E-state index contributed by atoms with van der Waals surface area (Å²) in [5.74, 6) is 0.414. The molecule has 2 atom stereocenters. The summed E-state index contributed by atoms with van der Waals surface area (Å²) in [6, 6.07) is 0.105. The molecule has 120 valence electrons. The van der Waals surface area contributed by atoms with Crippen LogP contribution < -0.4 is 0 Å². The van der Waals surface area contributed by atoms with Gasteiger partial charge < -0.3 is 9.64 Å². The van der Waals surface area contributed by atoms with Crippen LogP contribution >= 0.6 is 0 Å². The molecule has 6 nitrogen and oxygen atoms in total. The first-order chi connectivity index (χ1) is 10.3. The van der Waals surface area contributed by atoms with E-state index in [1.165, 1.54) is 0 Å². The number of likely N-dealkylation sites (tertiary alicyclic amines) is 1. The van der Waals surface area contributed by atoms with Crippen molar-refractivity contribution in [3.63, 3.8) is 0 Å². The predicted molar refractivity (Wildman–Crippen MR) is 79.9 cm³/mol. The normalized spacial score (nSPS) is 32.3. The van der Waals surface area contributed by atoms with Crippen LogP contribution in [-0.2, 0) is 16.1 Å². The highest BCUT2D eigenvalue weighted by atomic mass is 16.5. The summed E-state index contributed by atoms with van der Waals surface area (Å²) in [7, 11) is 0. The van der Waals surface area contributed by atoms with Crippen LogP contribution in [0.25, 0.3) is 0 Å². The number of carbonyl (C=O) groups is 1. The maximum Gasteiger partial charge on any atom is 0.226 e. The standard InChI is InChI=1S/C16H24N4O2/c1-15(2)13(16(15,3)4)14(21)19-6-5-12-11(8-19)20-10(9-22-12)7-17-18-20/h7,11-13H,5-6,8-9H2,1-4H3/t11-,12+/m0/s1. The zero-order valence-corrected chi connectivity index (χ0v) is 13.7. The second-order valence-electron chi connectivity index (χ2n) is 8.04. The Hall–Kier alpha value is -1.43. The fourth-order valence-corrected chi connectivity index (χ4v) is 4.38. The molecule has 1 aromatic heterocycles. The van der Waals surface area contributed by atoms with Crippen LogP contribution in [0.4, 0.5) is 0 Å². The van der Waals surface area contributed by atoms with Crippen molar-refractivity contribution >= 4 is 5.91 Å². The first-order valence-corrected chi connectivity index (χ1v) is 8.13. The Morgan fingerprint density at radius 3 is 2.73 bits per heavy atom. The van der Waals surface area contributed by atoms with E-state index in [2.05, 4.69) is 38.0 Å². The second-order valence-corrected chi connectivity index (χ2v) is 8.04. The number of ether oxygens (including phenoxy) is 1. The minimum Gasteiger partial charge on any atom is -0.370 e. The van der Waals surface area contributed by atoms with Crippen LogP contribution in [0.2, 0.25) is 0 Å². The zero-order valence-electron chi connectivity index (χ0n) is 13.7. The molecule has 0 aromatic carbocycles. The molecule has 1 aliphatic carbocycles. The topological polar surface area (TPSA) is 60.3 Å². The van der Waals surface area contributed by atoms with Crippen LogP contribution in [0.1, 0.15) is 45.9 Å². The minimum atomic E-state index is 0.0857. The molecule has 1 amide bonds. The van der Waals surface area contributed by atoms with Gasteiger partial charge in [-0.1, -0.05) is 32.9 Å². The Morgan fingerprint density at radius 1 is 1.32 bits per heavy atom. The van der Waals surface area contributed by atoms with E-state index in [9.17, 15) is 4.79 Å². The molecule has 1 saturated carbocycles. The first kappa shape index (κ1) is 14.2. The number of hydrogen-bond acceptors (Lipinski definition) is 4. The molecular weight excluding hydrogens is 280 g/mol. The van der Waals surface area contributed by atoms with Crippen LogP contribution in [0.15, 0.2) is 6.20 Å². The molecule has 22 heavy (non-hydrogen) atoms. The molecule has 2 fully saturated rings. The van der Waals surface area contributed by atoms with Crippen molar-refractivity contribution in [2.45, 2.75) is 52.9 Å². The van der Waals surface area contributed by atoms with E-state index in [4.69, 9.17) is 4.74 Å². The molecule has 4 rings (SSSR count). The van der Waals surface area contributed by atoms with Gasteiger partial charge >= 0.3 is 0 Å². The van der Waals surface area contributed by atoms with Crippen LogP contribution in [-0.4, -0.2) is 45.0 Å². The lowest BCUT2D eigenvalue weighted by Crippen LogP contribution is -2.50. The molecule has 1 aromatic rings. The Morgan fingerprint density at radius 2 is 2.05 bits per heavy atom. The molecule has 2 aliphatic heterocycles. The van der Waals surface area contributed by atoms with Crippen molar-refractivity contribution in [3.05, 3.63) is 11.9 Å². The fourth-order valence-electron chi connectivity index (χ4n) is 4.38. The van der Waals surface area contributed by atoms with Crippen molar-refractivity contribution in [1.29, 1.82) is 0 Å². The van der Waals surface area contributed by atoms with E-state index in [0.29, 0.717) is 19.1 Å². The van der Waals surface area contributed by atoms with E-state index < -0.39 is 0 Å². The van der Waals surface area contributed by atoms with Crippen molar-refractivity contribution in [2.75, 3.05) is 13.1 Å². The maximum atomic E-state index is 13.0. The van der Waals surface area contributed by atoms with Crippen molar-refractivity contribution in [1.82, 2.24) is 19.9 Å². The molecule has 0 spiro atoms. The molecule has 3 aliphatic rings. The van der Waals surface area contributed by atoms with Gasteiger partial charge in [-0.2, -0.15) is 0 Å². The minimum absolute atomic E-state index is 0.0857. The van der Waals surface area contributed by atoms with E-state index in [-0.39, 0.29) is 28.9 Å². The highest BCUT2D eigenvalue weighted by Crippen LogP contribution is 2.68. The fraction of sp³-hybridized carbons (Fsp3) is 0.812. The van der Waals surface area contributed by atoms with Crippen molar-refractivity contribution in [3.8, 4) is 0 Å². The van der Waals surface area contributed by atoms with Crippen molar-refractivity contribution < 1.29 is 9.53 Å². The third-order valence-corrected chi connectivity index (χ3v) is 6.51. The number of amides is 1. The van der Waals surface area contributed by atoms with Crippen molar-refractivity contribution in [2.24, 2.45) is 16.7 Å². The number of aromatic nitrogens is 3. The van der Waals surface area contributed by atoms with Gasteiger partial charge in [-0.05, 0) is 17.3 Å². The Balaban J connectivity index is 1.54. The van der Waals surface area contributed by atoms with Gasteiger partial charge in [0, 0.05) is 19.0 Å². The highest BCUT2D eigenvalue weighted by molar-refractivity contribution is 5.84. The summed E-state index contributed by atoms with van der Waals surface area (Å²) < 4.78 is 7.87. The van der Waals surface area contributed by atoms with E-state index in [1.54, 1.807) is 6.20 Å². The van der Waals surface area contributed by atoms with Gasteiger partial charge in [-0.15, -0.1) is 5.10 Å². The number of carbonyl (C=O) groups excluding carboxylic acids is 1. The Kier molecular flexibility index (Phi) is 2.78. The molecule has 6 heteroatoms. The van der Waals surface area contributed by atoms with Gasteiger partial charge in [0.15, 0.2) is 0 Å². The third-order valence-electron chi connectivity index (χ3n) is 6.51. The summed E-state index contributed by atoms with van der Waals surface area (Å²) in [4.78, 5) is 15.0. The smallest absolute Gasteiger partial charge is 0.226 e. The average Bonchev–Trinajstić information content (AvgIpc) is 2.85. The first-order valence-electron chi connectivity index (χ1n) is 8.13. The lowest BCUT2D eigenvalue weighted by molar-refractivity contribution is -0.140. The van der Waals surface area contributed by atoms with E-state index in [1.807, 2.05) is 9.58 Å². The van der Waals surface area contributed by atoms with Gasteiger partial charge in [0.25, 0.3) is 0 Å². The summed E-state index contributed by atoms with van der Waals surface area (Å²) in [6.45, 7) is 10.8. The predicted octanol–water partition coefficient (Wildman–Crippen LogP) is 1.63. The molecule has 1 saturated heterocycles. The van der Waals surface area contributed by atoms with Crippen LogP contribution in [0.3, 0.4) is 0 Å². The summed E-state index contributed by atoms with van der Waals surface area (Å²) in [6.07, 6.45) is 2.78. The average molecular weight is 304 g/mol. The molecule has 0 bridgehead atoms. The lowest BCUT2D eigenvalue weighted by Gasteiger charge is -2.41. The lowest BCUT2D eigenvalue weighted by atomic mass is 9.99. The van der Waals surface area contributed by atoms with Gasteiger partial charge in [0.05, 0.1) is 30.6 Å². The Bertz CT molecular complexity index is 607. The van der Waals surface area contributed by atoms with Gasteiger partial charge in [0.2, 0.25) is 5.91 Å². The largest absolute Gasteiger partial charge is 0.370 e. The summed E-state index contributed by atoms with van der Waals surface area (Å²) in [5, 5.41) is 8.19. The monoisotopic (exact) mass is 304 g/mol. The van der Waals surface area contributed by atoms with E-state index >= 15 is 0 Å². The number of hydrogen-bond donors (Lipinski definition) is 0. The van der Waals surface area contributed by atoms with E-state index in [0.717, 1.165) is 18.7 Å². The molecule has 0 radical (unpaired) electrons. The quantitative estimate of drug-likeness (QED) is 0.791. The molecule has 0 unspecified atom stereocenters. The SMILES string of the molecule is CC1(C)C(C(=O)N2CC[C@H]3OCc4cnnn4[C@H]3C2)C1(C)C. The third kappa shape index (κ3) is 1.73. The summed E-state index contributed by atoms with van der Waals surface area (Å²) >= 11 is 0. The maximum absolute atomic E-state index is 13.0. The number of piperidine rings is 1. The number of nitrogens with zero attached hydrogens (tertiary/aromatic N) is 4. The van der Waals surface area contributed by atoms with Crippen LogP contribution in [0, 0.1) is 16.7 Å². The zero-order chi connectivity index (χ0) is 15.7. The molecule has 3 heterocycles. The van der Waals surface area contributed by atoms with Gasteiger partial charge in [-0.3, -0.25) is 4.79 Å². The number of rotatable bonds is 1. The van der Waals surface area contributed by atoms with Crippen LogP contribution in [0.5, 0.6) is 0 Å². The van der Waals surface area contributed by atoms with Gasteiger partial charge in [-0.25, -0.2) is 4.68 Å². The molecular formula is C16H24N4O2. The Labute approximate surface area is 130 Å². The number of fused-ring (bicyclic) bond motifs is 3.